The van der Waals surface area contributed by atoms with Crippen molar-refractivity contribution in [3.8, 4) is 6.07 Å². The Balaban J connectivity index is 1.34. The first-order valence-electron chi connectivity index (χ1n) is 11.7. The summed E-state index contributed by atoms with van der Waals surface area (Å²) in [6.45, 7) is 6.00. The Hall–Kier alpha value is -3.21. The number of nitriles is 1. The second kappa shape index (κ2) is 7.98. The van der Waals surface area contributed by atoms with Gasteiger partial charge in [0.15, 0.2) is 0 Å². The quantitative estimate of drug-likeness (QED) is 0.646. The molecule has 3 aliphatic heterocycles. The molecule has 4 unspecified atom stereocenters. The predicted octanol–water partition coefficient (Wildman–Crippen LogP) is 3.59. The van der Waals surface area contributed by atoms with Gasteiger partial charge in [0.1, 0.15) is 12.2 Å². The average Bonchev–Trinajstić information content (AvgIpc) is 3.42. The van der Waals surface area contributed by atoms with Crippen molar-refractivity contribution in [1.29, 1.82) is 5.26 Å². The second-order valence-corrected chi connectivity index (χ2v) is 9.38. The molecule has 2 aromatic carbocycles. The zero-order valence-electron chi connectivity index (χ0n) is 18.6. The smallest absolute Gasteiger partial charge is 0.134 e. The maximum Gasteiger partial charge on any atom is 0.134 e. The number of rotatable bonds is 3. The number of hydrogen-bond donors (Lipinski definition) is 2. The molecule has 0 radical (unpaired) electrons. The summed E-state index contributed by atoms with van der Waals surface area (Å²) in [5, 5.41) is 17.1. The van der Waals surface area contributed by atoms with Gasteiger partial charge >= 0.3 is 0 Å². The highest BCUT2D eigenvalue weighted by Crippen LogP contribution is 2.43. The highest BCUT2D eigenvalue weighted by molar-refractivity contribution is 5.95. The van der Waals surface area contributed by atoms with E-state index in [0.717, 1.165) is 41.9 Å². The van der Waals surface area contributed by atoms with Crippen molar-refractivity contribution >= 4 is 22.3 Å². The lowest BCUT2D eigenvalue weighted by atomic mass is 9.99. The minimum atomic E-state index is -0.863. The molecular formula is C26H27FN6. The maximum atomic E-state index is 14.2. The second-order valence-electron chi connectivity index (χ2n) is 9.38. The third kappa shape index (κ3) is 3.33. The molecule has 6 nitrogen and oxygen atoms in total. The number of anilines is 2. The summed E-state index contributed by atoms with van der Waals surface area (Å²) in [4.78, 5) is 9.49. The molecule has 0 aliphatic carbocycles. The monoisotopic (exact) mass is 442 g/mol. The van der Waals surface area contributed by atoms with E-state index in [9.17, 15) is 9.65 Å². The van der Waals surface area contributed by atoms with Gasteiger partial charge in [0.25, 0.3) is 0 Å². The van der Waals surface area contributed by atoms with Crippen LogP contribution in [0.2, 0.25) is 0 Å². The molecule has 7 heteroatoms. The zero-order chi connectivity index (χ0) is 22.5. The van der Waals surface area contributed by atoms with Crippen LogP contribution in [0.25, 0.3) is 10.9 Å². The van der Waals surface area contributed by atoms with Gasteiger partial charge in [0.2, 0.25) is 0 Å². The number of halogens is 1. The summed E-state index contributed by atoms with van der Waals surface area (Å²) in [5.41, 5.74) is 6.18. The number of nitrogens with one attached hydrogen (secondary N) is 2. The summed E-state index contributed by atoms with van der Waals surface area (Å²) in [6, 6.07) is 17.1. The van der Waals surface area contributed by atoms with Gasteiger partial charge < -0.3 is 15.5 Å². The van der Waals surface area contributed by atoms with E-state index in [1.807, 2.05) is 12.1 Å². The molecule has 168 valence electrons. The number of aromatic nitrogens is 1. The first kappa shape index (κ1) is 20.4. The first-order valence-corrected chi connectivity index (χ1v) is 11.7. The summed E-state index contributed by atoms with van der Waals surface area (Å²) < 4.78 is 14.2. The SMILES string of the molecule is CC1CN(c2ccc(C#N)c3ncccc23)CC2c3cccc(NC4CNCC4F)c3CN12. The summed E-state index contributed by atoms with van der Waals surface area (Å²) in [7, 11) is 0. The fraction of sp³-hybridized carbons (Fsp3) is 0.385. The van der Waals surface area contributed by atoms with E-state index in [4.69, 9.17) is 0 Å². The lowest BCUT2D eigenvalue weighted by Crippen LogP contribution is -2.51. The van der Waals surface area contributed by atoms with E-state index < -0.39 is 6.17 Å². The normalized spacial score (nSPS) is 26.8. The Kier molecular flexibility index (Phi) is 4.93. The maximum absolute atomic E-state index is 14.2. The lowest BCUT2D eigenvalue weighted by Gasteiger charge is -2.43. The van der Waals surface area contributed by atoms with Gasteiger partial charge in [-0.1, -0.05) is 12.1 Å². The van der Waals surface area contributed by atoms with Crippen molar-refractivity contribution in [2.24, 2.45) is 0 Å². The number of hydrogen-bond acceptors (Lipinski definition) is 6. The number of benzene rings is 2. The van der Waals surface area contributed by atoms with E-state index >= 15 is 0 Å². The Morgan fingerprint density at radius 3 is 2.88 bits per heavy atom. The lowest BCUT2D eigenvalue weighted by molar-refractivity contribution is 0.134. The molecule has 1 aromatic heterocycles. The predicted molar refractivity (Wildman–Crippen MR) is 128 cm³/mol. The van der Waals surface area contributed by atoms with Gasteiger partial charge in [0.05, 0.1) is 23.2 Å². The third-order valence-electron chi connectivity index (χ3n) is 7.45. The molecule has 3 aliphatic rings. The molecule has 2 saturated heterocycles. The summed E-state index contributed by atoms with van der Waals surface area (Å²) >= 11 is 0. The molecule has 0 bridgehead atoms. The fourth-order valence-electron chi connectivity index (χ4n) is 5.78. The van der Waals surface area contributed by atoms with Gasteiger partial charge in [-0.25, -0.2) is 4.39 Å². The van der Waals surface area contributed by atoms with Gasteiger partial charge in [0, 0.05) is 61.7 Å². The summed E-state index contributed by atoms with van der Waals surface area (Å²) in [5.74, 6) is 0. The topological polar surface area (TPSA) is 67.2 Å². The third-order valence-corrected chi connectivity index (χ3v) is 7.45. The van der Waals surface area contributed by atoms with Gasteiger partial charge in [-0.15, -0.1) is 0 Å². The highest BCUT2D eigenvalue weighted by Gasteiger charge is 2.40. The van der Waals surface area contributed by atoms with Crippen LogP contribution in [0, 0.1) is 11.3 Å². The van der Waals surface area contributed by atoms with E-state index in [-0.39, 0.29) is 12.1 Å². The standard InChI is InChI=1S/C26H27FN6/c1-16-13-32(24-8-7-17(10-28)26-19(24)5-3-9-30-26)15-25-18-4-2-6-22(20(18)14-33(16)25)31-23-12-29-11-21(23)27/h2-9,16,21,23,25,29,31H,11-15H2,1H3. The van der Waals surface area contributed by atoms with Crippen molar-refractivity contribution in [2.45, 2.75) is 37.8 Å². The largest absolute Gasteiger partial charge is 0.378 e. The van der Waals surface area contributed by atoms with Crippen LogP contribution in [0.3, 0.4) is 0 Å². The van der Waals surface area contributed by atoms with E-state index in [2.05, 4.69) is 68.7 Å². The van der Waals surface area contributed by atoms with E-state index in [1.54, 1.807) is 6.20 Å². The van der Waals surface area contributed by atoms with E-state index in [1.165, 1.54) is 11.1 Å². The molecule has 0 saturated carbocycles. The average molecular weight is 443 g/mol. The van der Waals surface area contributed by atoms with Crippen LogP contribution in [0.15, 0.2) is 48.7 Å². The highest BCUT2D eigenvalue weighted by atomic mass is 19.1. The number of nitrogens with zero attached hydrogens (tertiary/aromatic N) is 4. The Morgan fingerprint density at radius 1 is 1.15 bits per heavy atom. The number of alkyl halides is 1. The van der Waals surface area contributed by atoms with Crippen LogP contribution in [0.1, 0.15) is 29.7 Å². The van der Waals surface area contributed by atoms with Gasteiger partial charge in [-0.05, 0) is 48.4 Å². The molecule has 4 atom stereocenters. The molecule has 0 spiro atoms. The van der Waals surface area contributed by atoms with Crippen molar-refractivity contribution in [2.75, 3.05) is 36.4 Å². The van der Waals surface area contributed by atoms with E-state index in [0.29, 0.717) is 24.7 Å². The van der Waals surface area contributed by atoms with Crippen molar-refractivity contribution < 1.29 is 4.39 Å². The summed E-state index contributed by atoms with van der Waals surface area (Å²) in [6.07, 6.45) is 0.884. The molecule has 4 heterocycles. The van der Waals surface area contributed by atoms with Crippen LogP contribution in [0.4, 0.5) is 15.8 Å². The number of fused-ring (bicyclic) bond motifs is 4. The molecular weight excluding hydrogens is 415 g/mol. The van der Waals surface area contributed by atoms with Crippen LogP contribution in [-0.2, 0) is 6.54 Å². The van der Waals surface area contributed by atoms with Crippen molar-refractivity contribution in [3.05, 3.63) is 65.4 Å². The molecule has 33 heavy (non-hydrogen) atoms. The number of pyridine rings is 1. The Labute approximate surface area is 193 Å². The van der Waals surface area contributed by atoms with Crippen LogP contribution < -0.4 is 15.5 Å². The number of piperazine rings is 1. The molecule has 2 fully saturated rings. The van der Waals surface area contributed by atoms with Crippen molar-refractivity contribution in [3.63, 3.8) is 0 Å². The van der Waals surface area contributed by atoms with Crippen LogP contribution >= 0.6 is 0 Å². The van der Waals surface area contributed by atoms with Crippen molar-refractivity contribution in [1.82, 2.24) is 15.2 Å². The van der Waals surface area contributed by atoms with Gasteiger partial charge in [-0.3, -0.25) is 9.88 Å². The fourth-order valence-corrected chi connectivity index (χ4v) is 5.78. The molecule has 3 aromatic rings. The minimum Gasteiger partial charge on any atom is -0.378 e. The van der Waals surface area contributed by atoms with Crippen LogP contribution in [0.5, 0.6) is 0 Å². The first-order chi connectivity index (χ1) is 16.1. The Bertz CT molecular complexity index is 1250. The molecule has 2 N–H and O–H groups in total. The molecule has 0 amide bonds. The van der Waals surface area contributed by atoms with Gasteiger partial charge in [-0.2, -0.15) is 5.26 Å². The Morgan fingerprint density at radius 2 is 2.06 bits per heavy atom. The zero-order valence-corrected chi connectivity index (χ0v) is 18.6. The van der Waals surface area contributed by atoms with Crippen LogP contribution in [-0.4, -0.2) is 54.3 Å². The molecule has 6 rings (SSSR count). The minimum absolute atomic E-state index is 0.180.